The van der Waals surface area contributed by atoms with Crippen molar-refractivity contribution in [3.05, 3.63) is 47.8 Å². The number of anilines is 2. The lowest BCUT2D eigenvalue weighted by Crippen LogP contribution is -2.00. The molecule has 0 amide bonds. The number of aromatic nitrogens is 5. The van der Waals surface area contributed by atoms with Crippen LogP contribution in [0.3, 0.4) is 0 Å². The molecule has 0 spiro atoms. The molecule has 106 valence electrons. The Morgan fingerprint density at radius 1 is 1.24 bits per heavy atom. The molecule has 0 fully saturated rings. The molecule has 3 N–H and O–H groups in total. The minimum Gasteiger partial charge on any atom is -0.578 e. The lowest BCUT2D eigenvalue weighted by atomic mass is 10.2. The first-order valence-corrected chi connectivity index (χ1v) is 6.47. The van der Waals surface area contributed by atoms with E-state index in [-0.39, 0.29) is 5.88 Å². The van der Waals surface area contributed by atoms with Crippen LogP contribution >= 0.6 is 11.6 Å². The Hall–Kier alpha value is -2.67. The molecule has 0 unspecified atom stereocenters. The summed E-state index contributed by atoms with van der Waals surface area (Å²) in [4.78, 5) is 11.8. The number of hydrogen-bond acceptors (Lipinski definition) is 5. The van der Waals surface area contributed by atoms with E-state index in [9.17, 15) is 0 Å². The maximum atomic E-state index is 7.67. The third kappa shape index (κ3) is 2.63. The van der Waals surface area contributed by atoms with Gasteiger partial charge in [0.05, 0.1) is 16.4 Å². The van der Waals surface area contributed by atoms with E-state index in [0.717, 1.165) is 5.69 Å². The van der Waals surface area contributed by atoms with Crippen LogP contribution in [0, 0.1) is 6.92 Å². The fourth-order valence-electron chi connectivity index (χ4n) is 1.79. The summed E-state index contributed by atoms with van der Waals surface area (Å²) in [5.74, 6) is 0.744. The van der Waals surface area contributed by atoms with Crippen molar-refractivity contribution in [3.63, 3.8) is 0 Å². The first kappa shape index (κ1) is 13.3. The van der Waals surface area contributed by atoms with E-state index in [0.29, 0.717) is 22.1 Å². The molecule has 0 saturated carbocycles. The van der Waals surface area contributed by atoms with Crippen molar-refractivity contribution in [2.75, 3.05) is 5.32 Å². The second kappa shape index (κ2) is 5.37. The second-order valence-electron chi connectivity index (χ2n) is 4.33. The highest BCUT2D eigenvalue weighted by molar-refractivity contribution is 6.33. The van der Waals surface area contributed by atoms with E-state index in [4.69, 9.17) is 16.7 Å². The highest BCUT2D eigenvalue weighted by atomic mass is 35.5. The van der Waals surface area contributed by atoms with Gasteiger partial charge in [-0.2, -0.15) is 10.1 Å². The molecule has 3 rings (SSSR count). The number of rotatable bonds is 3. The summed E-state index contributed by atoms with van der Waals surface area (Å²) in [6, 6.07) is 5.46. The number of benzene rings is 1. The van der Waals surface area contributed by atoms with Crippen LogP contribution in [0.5, 0.6) is 5.88 Å². The number of halogens is 1. The quantitative estimate of drug-likeness (QED) is 0.749. The average Bonchev–Trinajstić information content (AvgIpc) is 3.00. The summed E-state index contributed by atoms with van der Waals surface area (Å²) in [5, 5.41) is 15.3. The summed E-state index contributed by atoms with van der Waals surface area (Å²) < 4.78 is 1.62. The van der Waals surface area contributed by atoms with E-state index in [1.807, 2.05) is 12.1 Å². The van der Waals surface area contributed by atoms with Crippen molar-refractivity contribution < 1.29 is 5.11 Å². The summed E-state index contributed by atoms with van der Waals surface area (Å²) in [7, 11) is 0. The van der Waals surface area contributed by atoms with Gasteiger partial charge in [0.2, 0.25) is 0 Å². The van der Waals surface area contributed by atoms with Gasteiger partial charge in [0.1, 0.15) is 30.4 Å². The lowest BCUT2D eigenvalue weighted by molar-refractivity contribution is 0.448. The van der Waals surface area contributed by atoms with Crippen molar-refractivity contribution in [2.24, 2.45) is 0 Å². The van der Waals surface area contributed by atoms with Crippen LogP contribution < -0.4 is 5.32 Å². The summed E-state index contributed by atoms with van der Waals surface area (Å²) in [6.45, 7) is 1.78. The molecule has 0 atom stereocenters. The Morgan fingerprint density at radius 2 is 2.10 bits per heavy atom. The molecule has 0 aliphatic heterocycles. The molecule has 0 radical (unpaired) electrons. The summed E-state index contributed by atoms with van der Waals surface area (Å²) in [5.41, 5.74) is 2.17. The largest absolute Gasteiger partial charge is 0.578 e. The Balaban J connectivity index is 1.92. The van der Waals surface area contributed by atoms with Gasteiger partial charge in [-0.05, 0) is 25.1 Å². The molecule has 8 heteroatoms. The van der Waals surface area contributed by atoms with Gasteiger partial charge in [-0.3, -0.25) is 0 Å². The standard InChI is InChI=1S/C13H11ClN6O/c1-8-12(16-6-17-13(8)21)19-11-3-2-9(4-10(11)14)20-7-15-5-18-20/h2-7H,1H3,(H2,16,17,19,21)/p+1. The molecule has 1 aromatic carbocycles. The SMILES string of the molecule is Cc1c([OH2+])ncnc1Nc1ccc(-n2cncn2)cc1Cl. The third-order valence-corrected chi connectivity index (χ3v) is 3.29. The van der Waals surface area contributed by atoms with Gasteiger partial charge < -0.3 is 10.4 Å². The van der Waals surface area contributed by atoms with Crippen molar-refractivity contribution in [1.29, 1.82) is 0 Å². The van der Waals surface area contributed by atoms with E-state index in [2.05, 4.69) is 25.4 Å². The monoisotopic (exact) mass is 303 g/mol. The Labute approximate surface area is 125 Å². The molecule has 0 bridgehead atoms. The minimum absolute atomic E-state index is 0.183. The normalized spacial score (nSPS) is 10.6. The zero-order chi connectivity index (χ0) is 14.8. The van der Waals surface area contributed by atoms with Gasteiger partial charge in [0.15, 0.2) is 0 Å². The molecule has 3 aromatic rings. The third-order valence-electron chi connectivity index (χ3n) is 2.97. The van der Waals surface area contributed by atoms with Crippen LogP contribution in [0.2, 0.25) is 5.02 Å². The zero-order valence-corrected chi connectivity index (χ0v) is 11.8. The Kier molecular flexibility index (Phi) is 3.41. The average molecular weight is 304 g/mol. The first-order chi connectivity index (χ1) is 10.1. The van der Waals surface area contributed by atoms with Crippen LogP contribution in [0.15, 0.2) is 37.2 Å². The molecule has 0 saturated heterocycles. The van der Waals surface area contributed by atoms with E-state index in [1.165, 1.54) is 12.7 Å². The molecule has 21 heavy (non-hydrogen) atoms. The van der Waals surface area contributed by atoms with Crippen molar-refractivity contribution in [2.45, 2.75) is 6.92 Å². The Bertz CT molecular complexity index is 774. The smallest absolute Gasteiger partial charge is 0.365 e. The maximum absolute atomic E-state index is 7.67. The zero-order valence-electron chi connectivity index (χ0n) is 11.1. The fraction of sp³-hybridized carbons (Fsp3) is 0.0769. The summed E-state index contributed by atoms with van der Waals surface area (Å²) >= 11 is 6.27. The van der Waals surface area contributed by atoms with Gasteiger partial charge in [0, 0.05) is 0 Å². The van der Waals surface area contributed by atoms with Gasteiger partial charge in [-0.25, -0.2) is 14.6 Å². The highest BCUT2D eigenvalue weighted by Gasteiger charge is 2.11. The van der Waals surface area contributed by atoms with Crippen molar-refractivity contribution in [1.82, 2.24) is 24.7 Å². The second-order valence-corrected chi connectivity index (χ2v) is 4.73. The van der Waals surface area contributed by atoms with E-state index >= 15 is 0 Å². The molecule has 0 aliphatic rings. The fourth-order valence-corrected chi connectivity index (χ4v) is 2.02. The number of nitrogens with one attached hydrogen (secondary N) is 1. The molecule has 0 aliphatic carbocycles. The predicted octanol–water partition coefficient (Wildman–Crippen LogP) is 2.20. The van der Waals surface area contributed by atoms with Crippen molar-refractivity contribution in [3.8, 4) is 11.6 Å². The highest BCUT2D eigenvalue weighted by Crippen LogP contribution is 2.29. The molecule has 7 nitrogen and oxygen atoms in total. The van der Waals surface area contributed by atoms with Crippen LogP contribution in [0.4, 0.5) is 11.5 Å². The van der Waals surface area contributed by atoms with E-state index < -0.39 is 0 Å². The van der Waals surface area contributed by atoms with Gasteiger partial charge >= 0.3 is 5.88 Å². The number of hydrogen-bond donors (Lipinski definition) is 1. The maximum Gasteiger partial charge on any atom is 0.365 e. The first-order valence-electron chi connectivity index (χ1n) is 6.10. The van der Waals surface area contributed by atoms with Gasteiger partial charge in [0.25, 0.3) is 0 Å². The molecule has 2 heterocycles. The molecular weight excluding hydrogens is 292 g/mol. The van der Waals surface area contributed by atoms with Gasteiger partial charge in [-0.1, -0.05) is 11.6 Å². The molecule has 2 aromatic heterocycles. The van der Waals surface area contributed by atoms with Crippen LogP contribution in [0.1, 0.15) is 5.56 Å². The topological polar surface area (TPSA) is 91.4 Å². The minimum atomic E-state index is 0.183. The van der Waals surface area contributed by atoms with E-state index in [1.54, 1.807) is 24.0 Å². The summed E-state index contributed by atoms with van der Waals surface area (Å²) in [6.07, 6.45) is 4.40. The van der Waals surface area contributed by atoms with Crippen LogP contribution in [-0.4, -0.2) is 29.8 Å². The number of nitrogens with zero attached hydrogens (tertiary/aromatic N) is 5. The van der Waals surface area contributed by atoms with Crippen LogP contribution in [-0.2, 0) is 0 Å². The van der Waals surface area contributed by atoms with Crippen molar-refractivity contribution >= 4 is 23.1 Å². The Morgan fingerprint density at radius 3 is 2.81 bits per heavy atom. The lowest BCUT2D eigenvalue weighted by Gasteiger charge is -2.10. The molecular formula is C13H12ClN6O+. The predicted molar refractivity (Wildman–Crippen MR) is 79.5 cm³/mol. The van der Waals surface area contributed by atoms with Gasteiger partial charge in [-0.15, -0.1) is 0 Å². The van der Waals surface area contributed by atoms with Crippen LogP contribution in [0.25, 0.3) is 5.69 Å².